The molecule has 0 spiro atoms. The van der Waals surface area contributed by atoms with Crippen molar-refractivity contribution in [1.82, 2.24) is 15.3 Å². The van der Waals surface area contributed by atoms with Crippen molar-refractivity contribution in [3.63, 3.8) is 0 Å². The standard InChI is InChI=1S/C33H32F4N4O4/c1-43-28-16-25-24(15-29(28)44-11-6-19-4-9-39-10-5-19)40-17-26(41-25)21-3-2-20(23(34)12-21)13-27(42)31(38)22-14-30(45-18-22)32(7-8-32)33(35,36)37/h2-3,12,14-19,38-39H,4-11,13H2,1H3. The second kappa shape index (κ2) is 12.2. The van der Waals surface area contributed by atoms with Crippen LogP contribution in [0.5, 0.6) is 11.5 Å². The molecule has 0 atom stereocenters. The molecular formula is C33H32F4N4O4. The molecule has 2 aromatic carbocycles. The Hall–Kier alpha value is -4.32. The number of hydrogen-bond donors (Lipinski definition) is 2. The Morgan fingerprint density at radius 3 is 2.56 bits per heavy atom. The second-order valence-electron chi connectivity index (χ2n) is 11.6. The summed E-state index contributed by atoms with van der Waals surface area (Å²) in [6.07, 6.45) is 0.572. The Labute approximate surface area is 256 Å². The van der Waals surface area contributed by atoms with Gasteiger partial charge in [0.1, 0.15) is 29.0 Å². The van der Waals surface area contributed by atoms with E-state index in [1.807, 2.05) is 0 Å². The van der Waals surface area contributed by atoms with Gasteiger partial charge in [0.15, 0.2) is 17.3 Å². The van der Waals surface area contributed by atoms with Gasteiger partial charge in [-0.2, -0.15) is 13.2 Å². The zero-order chi connectivity index (χ0) is 31.8. The molecule has 2 aromatic heterocycles. The van der Waals surface area contributed by atoms with Crippen LogP contribution in [0.4, 0.5) is 17.6 Å². The number of benzene rings is 2. The molecule has 2 N–H and O–H groups in total. The van der Waals surface area contributed by atoms with E-state index in [0.717, 1.165) is 44.7 Å². The number of ketones is 1. The summed E-state index contributed by atoms with van der Waals surface area (Å²) >= 11 is 0. The van der Waals surface area contributed by atoms with Gasteiger partial charge in [0.05, 0.1) is 36.6 Å². The molecule has 45 heavy (non-hydrogen) atoms. The van der Waals surface area contributed by atoms with E-state index in [-0.39, 0.29) is 29.7 Å². The van der Waals surface area contributed by atoms with Crippen molar-refractivity contribution in [1.29, 1.82) is 5.41 Å². The van der Waals surface area contributed by atoms with Gasteiger partial charge >= 0.3 is 6.18 Å². The summed E-state index contributed by atoms with van der Waals surface area (Å²) in [4.78, 5) is 21.9. The smallest absolute Gasteiger partial charge is 0.401 e. The Bertz CT molecular complexity index is 1740. The van der Waals surface area contributed by atoms with E-state index in [4.69, 9.17) is 19.3 Å². The van der Waals surface area contributed by atoms with Gasteiger partial charge in [-0.05, 0) is 68.8 Å². The monoisotopic (exact) mass is 624 g/mol. The van der Waals surface area contributed by atoms with Crippen LogP contribution in [0.25, 0.3) is 22.3 Å². The Morgan fingerprint density at radius 2 is 1.87 bits per heavy atom. The largest absolute Gasteiger partial charge is 0.493 e. The van der Waals surface area contributed by atoms with E-state index in [2.05, 4.69) is 15.3 Å². The van der Waals surface area contributed by atoms with Gasteiger partial charge in [-0.15, -0.1) is 0 Å². The number of hydrogen-bond acceptors (Lipinski definition) is 8. The highest BCUT2D eigenvalue weighted by Gasteiger charge is 2.66. The lowest BCUT2D eigenvalue weighted by molar-refractivity contribution is -0.164. The average Bonchev–Trinajstić information content (AvgIpc) is 3.72. The quantitative estimate of drug-likeness (QED) is 0.143. The molecule has 2 fully saturated rings. The lowest BCUT2D eigenvalue weighted by Gasteiger charge is -2.22. The number of alkyl halides is 3. The molecule has 1 aliphatic heterocycles. The number of nitrogens with one attached hydrogen (secondary N) is 2. The molecule has 12 heteroatoms. The number of methoxy groups -OCH3 is 1. The Balaban J connectivity index is 1.13. The van der Waals surface area contributed by atoms with Crippen LogP contribution < -0.4 is 14.8 Å². The van der Waals surface area contributed by atoms with Crippen LogP contribution in [0, 0.1) is 17.1 Å². The van der Waals surface area contributed by atoms with Crippen LogP contribution >= 0.6 is 0 Å². The molecule has 8 nitrogen and oxygen atoms in total. The summed E-state index contributed by atoms with van der Waals surface area (Å²) in [5, 5.41) is 11.5. The lowest BCUT2D eigenvalue weighted by atomic mass is 9.95. The van der Waals surface area contributed by atoms with Gasteiger partial charge in [0.25, 0.3) is 0 Å². The molecule has 6 rings (SSSR count). The molecule has 3 heterocycles. The predicted octanol–water partition coefficient (Wildman–Crippen LogP) is 6.58. The van der Waals surface area contributed by atoms with E-state index in [0.29, 0.717) is 46.3 Å². The summed E-state index contributed by atoms with van der Waals surface area (Å²) in [5.41, 5.74) is -0.698. The molecule has 1 saturated heterocycles. The number of furan rings is 1. The first-order valence-corrected chi connectivity index (χ1v) is 14.8. The minimum atomic E-state index is -4.48. The van der Waals surface area contributed by atoms with Crippen LogP contribution in [0.3, 0.4) is 0 Å². The van der Waals surface area contributed by atoms with Crippen LogP contribution in [0.1, 0.15) is 49.0 Å². The molecule has 4 aromatic rings. The normalized spacial score (nSPS) is 16.5. The van der Waals surface area contributed by atoms with E-state index in [1.54, 1.807) is 25.3 Å². The van der Waals surface area contributed by atoms with Gasteiger partial charge in [0, 0.05) is 29.7 Å². The first-order chi connectivity index (χ1) is 21.6. The molecule has 0 radical (unpaired) electrons. The minimum absolute atomic E-state index is 0.0351. The highest BCUT2D eigenvalue weighted by molar-refractivity contribution is 6.45. The van der Waals surface area contributed by atoms with Crippen molar-refractivity contribution < 1.29 is 36.2 Å². The van der Waals surface area contributed by atoms with Crippen molar-refractivity contribution in [3.8, 4) is 22.8 Å². The number of ether oxygens (including phenoxy) is 2. The zero-order valence-corrected chi connectivity index (χ0v) is 24.6. The fourth-order valence-electron chi connectivity index (χ4n) is 5.72. The maximum absolute atomic E-state index is 15.1. The van der Waals surface area contributed by atoms with E-state index in [1.165, 1.54) is 18.3 Å². The molecule has 236 valence electrons. The summed E-state index contributed by atoms with van der Waals surface area (Å²) in [7, 11) is 1.55. The fraction of sp³-hybridized carbons (Fsp3) is 0.394. The van der Waals surface area contributed by atoms with E-state index in [9.17, 15) is 18.0 Å². The van der Waals surface area contributed by atoms with Gasteiger partial charge in [-0.1, -0.05) is 12.1 Å². The highest BCUT2D eigenvalue weighted by Crippen LogP contribution is 2.59. The maximum atomic E-state index is 15.1. The molecule has 0 amide bonds. The molecule has 0 unspecified atom stereocenters. The van der Waals surface area contributed by atoms with Crippen molar-refractivity contribution in [2.24, 2.45) is 5.92 Å². The van der Waals surface area contributed by atoms with Crippen molar-refractivity contribution in [2.75, 3.05) is 26.8 Å². The van der Waals surface area contributed by atoms with Crippen molar-refractivity contribution >= 4 is 22.5 Å². The van der Waals surface area contributed by atoms with Crippen LogP contribution in [0.2, 0.25) is 0 Å². The summed E-state index contributed by atoms with van der Waals surface area (Å²) in [6.45, 7) is 2.62. The van der Waals surface area contributed by atoms with Crippen LogP contribution in [-0.2, 0) is 16.6 Å². The Morgan fingerprint density at radius 1 is 1.11 bits per heavy atom. The maximum Gasteiger partial charge on any atom is 0.401 e. The summed E-state index contributed by atoms with van der Waals surface area (Å²) < 4.78 is 72.1. The number of aromatic nitrogens is 2. The average molecular weight is 625 g/mol. The van der Waals surface area contributed by atoms with Crippen LogP contribution in [-0.4, -0.2) is 54.4 Å². The molecule has 2 aliphatic rings. The number of Topliss-reactive ketones (excluding diaryl/α,β-unsaturated/α-hetero) is 1. The van der Waals surface area contributed by atoms with E-state index >= 15 is 4.39 Å². The number of halogens is 4. The van der Waals surface area contributed by atoms with Crippen LogP contribution in [0.15, 0.2) is 53.3 Å². The first kappa shape index (κ1) is 30.7. The Kier molecular flexibility index (Phi) is 8.34. The predicted molar refractivity (Wildman–Crippen MR) is 158 cm³/mol. The third-order valence-electron chi connectivity index (χ3n) is 8.70. The number of carbonyl (C=O) groups excluding carboxylic acids is 1. The highest BCUT2D eigenvalue weighted by atomic mass is 19.4. The number of rotatable bonds is 11. The van der Waals surface area contributed by atoms with E-state index < -0.39 is 35.3 Å². The zero-order valence-electron chi connectivity index (χ0n) is 24.6. The molecule has 1 saturated carbocycles. The third kappa shape index (κ3) is 6.28. The third-order valence-corrected chi connectivity index (χ3v) is 8.70. The first-order valence-electron chi connectivity index (χ1n) is 14.8. The topological polar surface area (TPSA) is 110 Å². The summed E-state index contributed by atoms with van der Waals surface area (Å²) in [5.74, 6) is -0.0422. The minimum Gasteiger partial charge on any atom is -0.493 e. The van der Waals surface area contributed by atoms with Gasteiger partial charge in [0.2, 0.25) is 0 Å². The number of fused-ring (bicyclic) bond motifs is 1. The fourth-order valence-corrected chi connectivity index (χ4v) is 5.72. The number of piperidine rings is 1. The number of carbonyl (C=O) groups is 1. The summed E-state index contributed by atoms with van der Waals surface area (Å²) in [6, 6.07) is 8.82. The van der Waals surface area contributed by atoms with Gasteiger partial charge < -0.3 is 19.2 Å². The van der Waals surface area contributed by atoms with Gasteiger partial charge in [-0.3, -0.25) is 15.2 Å². The number of nitrogens with zero attached hydrogens (tertiary/aromatic N) is 2. The molecule has 1 aliphatic carbocycles. The lowest BCUT2D eigenvalue weighted by Crippen LogP contribution is -2.28. The SMILES string of the molecule is COc1cc2nc(-c3ccc(CC(=O)C(=N)c4coc(C5(C(F)(F)F)CC5)c4)c(F)c3)cnc2cc1OCCC1CCNCC1. The second-order valence-corrected chi connectivity index (χ2v) is 11.6. The molecular weight excluding hydrogens is 592 g/mol. The molecule has 0 bridgehead atoms. The van der Waals surface area contributed by atoms with Crippen molar-refractivity contribution in [3.05, 3.63) is 71.6 Å². The van der Waals surface area contributed by atoms with Gasteiger partial charge in [-0.25, -0.2) is 9.37 Å². The van der Waals surface area contributed by atoms with Crippen molar-refractivity contribution in [2.45, 2.75) is 50.1 Å².